The maximum atomic E-state index is 12.9. The van der Waals surface area contributed by atoms with Crippen LogP contribution in [0.3, 0.4) is 0 Å². The van der Waals surface area contributed by atoms with Crippen LogP contribution in [-0.4, -0.2) is 15.0 Å². The lowest BCUT2D eigenvalue weighted by Gasteiger charge is -2.17. The zero-order chi connectivity index (χ0) is 16.0. The van der Waals surface area contributed by atoms with E-state index >= 15 is 0 Å². The third-order valence-corrected chi connectivity index (χ3v) is 5.97. The molecule has 1 aliphatic rings. The molecule has 0 saturated carbocycles. The first kappa shape index (κ1) is 14.8. The summed E-state index contributed by atoms with van der Waals surface area (Å²) in [5, 5.41) is 9.80. The van der Waals surface area contributed by atoms with Gasteiger partial charge in [-0.15, -0.1) is 16.4 Å². The quantitative estimate of drug-likeness (QED) is 0.711. The van der Waals surface area contributed by atoms with Crippen molar-refractivity contribution in [1.82, 2.24) is 15.0 Å². The summed E-state index contributed by atoms with van der Waals surface area (Å²) in [7, 11) is 0. The van der Waals surface area contributed by atoms with Gasteiger partial charge in [-0.2, -0.15) is 0 Å². The fourth-order valence-electron chi connectivity index (χ4n) is 3.18. The molecule has 4 rings (SSSR count). The van der Waals surface area contributed by atoms with Crippen LogP contribution in [0.5, 0.6) is 0 Å². The maximum absolute atomic E-state index is 12.9. The number of nitrogens with zero attached hydrogens (tertiary/aromatic N) is 3. The summed E-state index contributed by atoms with van der Waals surface area (Å²) in [5.74, 6) is 0.675. The summed E-state index contributed by atoms with van der Waals surface area (Å²) >= 11 is 7.82. The van der Waals surface area contributed by atoms with E-state index in [-0.39, 0.29) is 5.56 Å². The van der Waals surface area contributed by atoms with Gasteiger partial charge >= 0.3 is 0 Å². The van der Waals surface area contributed by atoms with E-state index in [1.165, 1.54) is 15.1 Å². The molecule has 3 aromatic rings. The number of hydrogen-bond donors (Lipinski definition) is 0. The van der Waals surface area contributed by atoms with E-state index < -0.39 is 0 Å². The Balaban J connectivity index is 1.82. The number of thiophene rings is 1. The van der Waals surface area contributed by atoms with E-state index in [0.29, 0.717) is 17.5 Å². The highest BCUT2D eigenvalue weighted by Crippen LogP contribution is 2.35. The first-order chi connectivity index (χ1) is 11.1. The Morgan fingerprint density at radius 2 is 2.22 bits per heavy atom. The van der Waals surface area contributed by atoms with Gasteiger partial charge in [-0.05, 0) is 42.4 Å². The van der Waals surface area contributed by atoms with Gasteiger partial charge in [0.1, 0.15) is 0 Å². The zero-order valence-electron chi connectivity index (χ0n) is 12.8. The molecule has 118 valence electrons. The molecule has 0 saturated heterocycles. The summed E-state index contributed by atoms with van der Waals surface area (Å²) in [4.78, 5) is 15.0. The Morgan fingerprint density at radius 3 is 3.04 bits per heavy atom. The highest BCUT2D eigenvalue weighted by Gasteiger charge is 2.23. The van der Waals surface area contributed by atoms with Crippen LogP contribution >= 0.6 is 22.9 Å². The molecule has 1 aliphatic carbocycles. The van der Waals surface area contributed by atoms with Crippen molar-refractivity contribution in [2.45, 2.75) is 32.7 Å². The number of aryl methyl sites for hydroxylation is 1. The number of aromatic nitrogens is 3. The van der Waals surface area contributed by atoms with E-state index in [1.54, 1.807) is 11.3 Å². The molecule has 23 heavy (non-hydrogen) atoms. The number of halogens is 1. The lowest BCUT2D eigenvalue weighted by atomic mass is 9.89. The molecule has 0 bridgehead atoms. The van der Waals surface area contributed by atoms with Crippen LogP contribution in [-0.2, 0) is 19.4 Å². The van der Waals surface area contributed by atoms with E-state index in [4.69, 9.17) is 11.6 Å². The number of benzene rings is 1. The van der Waals surface area contributed by atoms with E-state index in [9.17, 15) is 4.79 Å². The second kappa shape index (κ2) is 5.73. The SMILES string of the molecule is C[C@@H]1CCc2c(sc3nnn(Cc4ccccc4Cl)c(=O)c23)C1. The van der Waals surface area contributed by atoms with Crippen molar-refractivity contribution in [2.75, 3.05) is 0 Å². The maximum Gasteiger partial charge on any atom is 0.279 e. The summed E-state index contributed by atoms with van der Waals surface area (Å²) in [6.45, 7) is 2.61. The molecular weight excluding hydrogens is 330 g/mol. The van der Waals surface area contributed by atoms with Gasteiger partial charge in [0.2, 0.25) is 0 Å². The number of fused-ring (bicyclic) bond motifs is 3. The molecule has 0 fully saturated rings. The van der Waals surface area contributed by atoms with Gasteiger partial charge in [0.05, 0.1) is 11.9 Å². The van der Waals surface area contributed by atoms with Crippen molar-refractivity contribution in [3.63, 3.8) is 0 Å². The average Bonchev–Trinajstić information content (AvgIpc) is 2.90. The Morgan fingerprint density at radius 1 is 1.39 bits per heavy atom. The zero-order valence-corrected chi connectivity index (χ0v) is 14.3. The van der Waals surface area contributed by atoms with Gasteiger partial charge in [-0.3, -0.25) is 4.79 Å². The monoisotopic (exact) mass is 345 g/mol. The first-order valence-corrected chi connectivity index (χ1v) is 8.94. The van der Waals surface area contributed by atoms with Gasteiger partial charge in [-0.1, -0.05) is 41.9 Å². The van der Waals surface area contributed by atoms with Gasteiger partial charge < -0.3 is 0 Å². The van der Waals surface area contributed by atoms with Crippen molar-refractivity contribution in [3.05, 3.63) is 55.6 Å². The van der Waals surface area contributed by atoms with Crippen molar-refractivity contribution in [3.8, 4) is 0 Å². The van der Waals surface area contributed by atoms with Crippen LogP contribution in [0.1, 0.15) is 29.3 Å². The summed E-state index contributed by atoms with van der Waals surface area (Å²) in [6, 6.07) is 7.51. The van der Waals surface area contributed by atoms with Crippen molar-refractivity contribution < 1.29 is 0 Å². The van der Waals surface area contributed by atoms with Crippen LogP contribution in [0.25, 0.3) is 10.2 Å². The Bertz CT molecular complexity index is 947. The van der Waals surface area contributed by atoms with Gasteiger partial charge in [0.25, 0.3) is 5.56 Å². The number of rotatable bonds is 2. The summed E-state index contributed by atoms with van der Waals surface area (Å²) in [6.07, 6.45) is 3.13. The Kier molecular flexibility index (Phi) is 3.70. The van der Waals surface area contributed by atoms with E-state index in [0.717, 1.165) is 35.0 Å². The molecule has 0 N–H and O–H groups in total. The molecule has 2 heterocycles. The minimum Gasteiger partial charge on any atom is -0.267 e. The lowest BCUT2D eigenvalue weighted by Crippen LogP contribution is -2.25. The van der Waals surface area contributed by atoms with Crippen molar-refractivity contribution in [1.29, 1.82) is 0 Å². The Labute approximate surface area is 142 Å². The highest BCUT2D eigenvalue weighted by molar-refractivity contribution is 7.18. The van der Waals surface area contributed by atoms with Crippen molar-refractivity contribution >= 4 is 33.2 Å². The fourth-order valence-corrected chi connectivity index (χ4v) is 4.70. The molecule has 2 aromatic heterocycles. The Hall–Kier alpha value is -1.72. The average molecular weight is 346 g/mol. The predicted molar refractivity (Wildman–Crippen MR) is 93.4 cm³/mol. The third-order valence-electron chi connectivity index (χ3n) is 4.46. The van der Waals surface area contributed by atoms with Crippen molar-refractivity contribution in [2.24, 2.45) is 5.92 Å². The molecule has 1 atom stereocenters. The molecule has 0 aliphatic heterocycles. The topological polar surface area (TPSA) is 47.8 Å². The fraction of sp³-hybridized carbons (Fsp3) is 0.353. The molecule has 0 radical (unpaired) electrons. The van der Waals surface area contributed by atoms with Gasteiger partial charge in [-0.25, -0.2) is 4.68 Å². The van der Waals surface area contributed by atoms with E-state index in [2.05, 4.69) is 17.2 Å². The van der Waals surface area contributed by atoms with Crippen LogP contribution < -0.4 is 5.56 Å². The molecule has 1 aromatic carbocycles. The van der Waals surface area contributed by atoms with Gasteiger partial charge in [0.15, 0.2) is 4.83 Å². The molecule has 0 spiro atoms. The number of hydrogen-bond acceptors (Lipinski definition) is 4. The van der Waals surface area contributed by atoms with Crippen LogP contribution in [0.4, 0.5) is 0 Å². The van der Waals surface area contributed by atoms with Crippen LogP contribution in [0, 0.1) is 5.92 Å². The lowest BCUT2D eigenvalue weighted by molar-refractivity contribution is 0.508. The largest absolute Gasteiger partial charge is 0.279 e. The van der Waals surface area contributed by atoms with E-state index in [1.807, 2.05) is 24.3 Å². The van der Waals surface area contributed by atoms with Gasteiger partial charge in [0, 0.05) is 9.90 Å². The highest BCUT2D eigenvalue weighted by atomic mass is 35.5. The minimum atomic E-state index is -0.0537. The summed E-state index contributed by atoms with van der Waals surface area (Å²) in [5.41, 5.74) is 2.01. The second-order valence-electron chi connectivity index (χ2n) is 6.18. The summed E-state index contributed by atoms with van der Waals surface area (Å²) < 4.78 is 1.43. The molecule has 6 heteroatoms. The smallest absolute Gasteiger partial charge is 0.267 e. The molecule has 0 unspecified atom stereocenters. The second-order valence-corrected chi connectivity index (χ2v) is 7.67. The standard InChI is InChI=1S/C17H16ClN3OS/c1-10-6-7-12-14(8-10)23-16-15(12)17(22)21(20-19-16)9-11-4-2-3-5-13(11)18/h2-5,10H,6-9H2,1H3/t10-/m1/s1. The minimum absolute atomic E-state index is 0.0537. The third kappa shape index (κ3) is 2.58. The molecular formula is C17H16ClN3OS. The van der Waals surface area contributed by atoms with Crippen LogP contribution in [0.15, 0.2) is 29.1 Å². The normalized spacial score (nSPS) is 17.4. The molecule has 4 nitrogen and oxygen atoms in total. The molecule has 0 amide bonds. The first-order valence-electron chi connectivity index (χ1n) is 7.75. The predicted octanol–water partition coefficient (Wildman–Crippen LogP) is 3.68. The van der Waals surface area contributed by atoms with Crippen LogP contribution in [0.2, 0.25) is 5.02 Å².